The first-order valence-corrected chi connectivity index (χ1v) is 13.4. The molecule has 0 radical (unpaired) electrons. The minimum atomic E-state index is -0.834. The fraction of sp³-hybridized carbons (Fsp3) is 0.321. The molecule has 10 nitrogen and oxygen atoms in total. The summed E-state index contributed by atoms with van der Waals surface area (Å²) in [4.78, 5) is 31.1. The van der Waals surface area contributed by atoms with Crippen LogP contribution in [0.3, 0.4) is 0 Å². The molecule has 2 fully saturated rings. The van der Waals surface area contributed by atoms with Gasteiger partial charge in [-0.15, -0.1) is 0 Å². The van der Waals surface area contributed by atoms with Crippen molar-refractivity contribution in [3.05, 3.63) is 71.5 Å². The number of hydrogen-bond donors (Lipinski definition) is 2. The largest absolute Gasteiger partial charge is 0.494 e. The first kappa shape index (κ1) is 28.5. The molecule has 0 spiro atoms. The van der Waals surface area contributed by atoms with E-state index in [-0.39, 0.29) is 11.5 Å². The Balaban J connectivity index is 1.45. The number of amides is 1. The average Bonchev–Trinajstić information content (AvgIpc) is 3.46. The van der Waals surface area contributed by atoms with Crippen LogP contribution < -0.4 is 25.3 Å². The highest BCUT2D eigenvalue weighted by atomic mass is 35.5. The topological polar surface area (TPSA) is 95.1 Å². The predicted octanol–water partition coefficient (Wildman–Crippen LogP) is 4.92. The van der Waals surface area contributed by atoms with E-state index in [2.05, 4.69) is 44.0 Å². The quantitative estimate of drug-likeness (QED) is 0.282. The Bertz CT molecular complexity index is 1450. The number of nitrogens with one attached hydrogen (secondary N) is 2. The second-order valence-corrected chi connectivity index (χ2v) is 10.0. The molecule has 216 valence electrons. The van der Waals surface area contributed by atoms with Crippen LogP contribution in [0.5, 0.6) is 5.75 Å². The van der Waals surface area contributed by atoms with Crippen molar-refractivity contribution in [1.29, 1.82) is 0 Å². The number of halogens is 3. The van der Waals surface area contributed by atoms with E-state index >= 15 is 0 Å². The van der Waals surface area contributed by atoms with Gasteiger partial charge in [0.05, 0.1) is 36.8 Å². The van der Waals surface area contributed by atoms with E-state index in [0.717, 1.165) is 37.9 Å². The maximum Gasteiger partial charge on any atom is 0.247 e. The Hall–Kier alpha value is -4.00. The first-order valence-electron chi connectivity index (χ1n) is 13.0. The fourth-order valence-electron chi connectivity index (χ4n) is 4.88. The normalized spacial score (nSPS) is 17.4. The standard InChI is InChI=1S/C28H30ClF2N7O3/c1-4-26(39)35-19-13-20(23(40-3)14-22(19)37-10-8-36(2)9-11-37)34-24-15-25(33-16-32-24)38-21(7-12-41-38)17-5-6-18(30)27(29)28(17)31/h4-6,13-16,21H,1,7-12H2,2-3H3,(H,35,39)(H,32,33,34). The number of benzene rings is 2. The highest BCUT2D eigenvalue weighted by Crippen LogP contribution is 2.40. The molecule has 1 unspecified atom stereocenters. The number of anilines is 5. The SMILES string of the molecule is C=CC(=O)Nc1cc(Nc2cc(N3OCCC3c3ccc(F)c(Cl)c3F)ncn2)c(OC)cc1N1CCN(C)CC1. The summed E-state index contributed by atoms with van der Waals surface area (Å²) in [5, 5.41) is 7.03. The Kier molecular flexibility index (Phi) is 8.52. The maximum absolute atomic E-state index is 14.8. The maximum atomic E-state index is 14.8. The molecule has 1 amide bonds. The van der Waals surface area contributed by atoms with Gasteiger partial charge in [-0.1, -0.05) is 24.2 Å². The summed E-state index contributed by atoms with van der Waals surface area (Å²) in [5.41, 5.74) is 2.16. The highest BCUT2D eigenvalue weighted by molar-refractivity contribution is 6.31. The van der Waals surface area contributed by atoms with Crippen LogP contribution in [0.1, 0.15) is 18.0 Å². The van der Waals surface area contributed by atoms with Crippen LogP contribution in [0.4, 0.5) is 37.5 Å². The molecule has 2 aromatic carbocycles. The molecule has 3 heterocycles. The lowest BCUT2D eigenvalue weighted by Gasteiger charge is -2.35. The van der Waals surface area contributed by atoms with Gasteiger partial charge >= 0.3 is 0 Å². The minimum absolute atomic E-state index is 0.200. The van der Waals surface area contributed by atoms with Gasteiger partial charge in [0.1, 0.15) is 34.6 Å². The molecule has 13 heteroatoms. The molecule has 2 N–H and O–H groups in total. The third-order valence-electron chi connectivity index (χ3n) is 7.08. The van der Waals surface area contributed by atoms with E-state index in [9.17, 15) is 13.6 Å². The van der Waals surface area contributed by atoms with E-state index in [4.69, 9.17) is 21.2 Å². The number of aromatic nitrogens is 2. The van der Waals surface area contributed by atoms with Crippen molar-refractivity contribution >= 4 is 46.2 Å². The number of hydrogen-bond acceptors (Lipinski definition) is 9. The van der Waals surface area contributed by atoms with Crippen molar-refractivity contribution in [1.82, 2.24) is 14.9 Å². The highest BCUT2D eigenvalue weighted by Gasteiger charge is 2.32. The summed E-state index contributed by atoms with van der Waals surface area (Å²) in [7, 11) is 3.63. The van der Waals surface area contributed by atoms with Crippen LogP contribution in [-0.2, 0) is 9.63 Å². The van der Waals surface area contributed by atoms with Gasteiger partial charge in [-0.25, -0.2) is 23.8 Å². The number of methoxy groups -OCH3 is 1. The number of nitrogens with zero attached hydrogens (tertiary/aromatic N) is 5. The fourth-order valence-corrected chi connectivity index (χ4v) is 5.05. The molecule has 2 saturated heterocycles. The van der Waals surface area contributed by atoms with Crippen LogP contribution in [0.15, 0.2) is 49.3 Å². The number of carbonyl (C=O) groups is 1. The van der Waals surface area contributed by atoms with Crippen molar-refractivity contribution in [2.45, 2.75) is 12.5 Å². The first-order chi connectivity index (χ1) is 19.8. The van der Waals surface area contributed by atoms with Crippen LogP contribution in [0, 0.1) is 11.6 Å². The average molecular weight is 586 g/mol. The second kappa shape index (κ2) is 12.2. The Morgan fingerprint density at radius 1 is 1.17 bits per heavy atom. The molecule has 1 atom stereocenters. The number of piperazine rings is 1. The summed E-state index contributed by atoms with van der Waals surface area (Å²) >= 11 is 5.83. The van der Waals surface area contributed by atoms with Gasteiger partial charge in [-0.05, 0) is 25.3 Å². The zero-order chi connectivity index (χ0) is 29.1. The van der Waals surface area contributed by atoms with Crippen molar-refractivity contribution in [3.63, 3.8) is 0 Å². The molecular formula is C28H30ClF2N7O3. The monoisotopic (exact) mass is 585 g/mol. The second-order valence-electron chi connectivity index (χ2n) is 9.67. The molecule has 2 aliphatic rings. The van der Waals surface area contributed by atoms with Gasteiger partial charge in [0, 0.05) is 50.3 Å². The van der Waals surface area contributed by atoms with Crippen molar-refractivity contribution in [2.24, 2.45) is 0 Å². The van der Waals surface area contributed by atoms with Gasteiger partial charge < -0.3 is 25.2 Å². The Morgan fingerprint density at radius 2 is 1.95 bits per heavy atom. The van der Waals surface area contributed by atoms with Gasteiger partial charge in [0.15, 0.2) is 5.82 Å². The summed E-state index contributed by atoms with van der Waals surface area (Å²) < 4.78 is 34.3. The molecule has 5 rings (SSSR count). The lowest BCUT2D eigenvalue weighted by Crippen LogP contribution is -2.44. The van der Waals surface area contributed by atoms with Crippen LogP contribution in [0.2, 0.25) is 5.02 Å². The van der Waals surface area contributed by atoms with Gasteiger partial charge in [0.2, 0.25) is 5.91 Å². The summed E-state index contributed by atoms with van der Waals surface area (Å²) in [6.45, 7) is 7.21. The molecule has 1 aromatic heterocycles. The third-order valence-corrected chi connectivity index (χ3v) is 7.42. The number of hydroxylamine groups is 1. The summed E-state index contributed by atoms with van der Waals surface area (Å²) in [5.74, 6) is -0.714. The third kappa shape index (κ3) is 6.04. The smallest absolute Gasteiger partial charge is 0.247 e. The molecule has 0 saturated carbocycles. The zero-order valence-corrected chi connectivity index (χ0v) is 23.4. The van der Waals surface area contributed by atoms with Gasteiger partial charge in [-0.3, -0.25) is 9.63 Å². The zero-order valence-electron chi connectivity index (χ0n) is 22.7. The molecule has 2 aliphatic heterocycles. The molecule has 0 aliphatic carbocycles. The number of carbonyl (C=O) groups excluding carboxylic acids is 1. The van der Waals surface area contributed by atoms with Crippen LogP contribution in [-0.4, -0.2) is 67.7 Å². The van der Waals surface area contributed by atoms with Gasteiger partial charge in [-0.2, -0.15) is 0 Å². The van der Waals surface area contributed by atoms with Crippen molar-refractivity contribution < 1.29 is 23.1 Å². The predicted molar refractivity (Wildman–Crippen MR) is 154 cm³/mol. The van der Waals surface area contributed by atoms with E-state index in [1.54, 1.807) is 19.2 Å². The molecule has 41 heavy (non-hydrogen) atoms. The summed E-state index contributed by atoms with van der Waals surface area (Å²) in [6.07, 6.45) is 3.00. The molecule has 3 aromatic rings. The van der Waals surface area contributed by atoms with E-state index in [0.29, 0.717) is 41.8 Å². The number of likely N-dealkylation sites (N-methyl/N-ethyl adjacent to an activating group) is 1. The van der Waals surface area contributed by atoms with E-state index < -0.39 is 22.7 Å². The number of rotatable bonds is 8. The molecule has 0 bridgehead atoms. The Labute approximate surface area is 241 Å². The van der Waals surface area contributed by atoms with Crippen LogP contribution in [0.25, 0.3) is 0 Å². The Morgan fingerprint density at radius 3 is 2.68 bits per heavy atom. The molecular weight excluding hydrogens is 556 g/mol. The van der Waals surface area contributed by atoms with E-state index in [1.807, 2.05) is 6.07 Å². The van der Waals surface area contributed by atoms with Crippen molar-refractivity contribution in [2.75, 3.05) is 67.5 Å². The lowest BCUT2D eigenvalue weighted by atomic mass is 10.0. The van der Waals surface area contributed by atoms with E-state index in [1.165, 1.54) is 23.5 Å². The summed E-state index contributed by atoms with van der Waals surface area (Å²) in [6, 6.07) is 7.20. The lowest BCUT2D eigenvalue weighted by molar-refractivity contribution is -0.111. The van der Waals surface area contributed by atoms with Crippen LogP contribution >= 0.6 is 11.6 Å². The minimum Gasteiger partial charge on any atom is -0.494 e. The van der Waals surface area contributed by atoms with Gasteiger partial charge in [0.25, 0.3) is 0 Å². The number of ether oxygens (including phenoxy) is 1. The van der Waals surface area contributed by atoms with Crippen molar-refractivity contribution in [3.8, 4) is 5.75 Å².